The van der Waals surface area contributed by atoms with E-state index in [1.54, 1.807) is 0 Å². The van der Waals surface area contributed by atoms with Crippen LogP contribution in [0.15, 0.2) is 48.5 Å². The molecule has 0 radical (unpaired) electrons. The van der Waals surface area contributed by atoms with Gasteiger partial charge in [0.1, 0.15) is 5.75 Å². The maximum atomic E-state index is 5.48. The predicted molar refractivity (Wildman–Crippen MR) is 71.0 cm³/mol. The lowest BCUT2D eigenvalue weighted by Gasteiger charge is -2.06. The molecule has 2 rings (SSSR count). The van der Waals surface area contributed by atoms with E-state index in [0.717, 1.165) is 22.4 Å². The largest absolute Gasteiger partial charge is 0.494 e. The molecule has 0 amide bonds. The van der Waals surface area contributed by atoms with Crippen LogP contribution >= 0.6 is 0 Å². The van der Waals surface area contributed by atoms with Gasteiger partial charge in [0, 0.05) is 5.56 Å². The van der Waals surface area contributed by atoms with Crippen LogP contribution in [0.2, 0.25) is 0 Å². The molecule has 0 saturated heterocycles. The number of hydrogen-bond donors (Lipinski definition) is 0. The van der Waals surface area contributed by atoms with Gasteiger partial charge < -0.3 is 4.74 Å². The van der Waals surface area contributed by atoms with Crippen molar-refractivity contribution >= 4 is 0 Å². The Hall–Kier alpha value is -2.20. The first kappa shape index (κ1) is 11.3. The van der Waals surface area contributed by atoms with E-state index in [9.17, 15) is 0 Å². The summed E-state index contributed by atoms with van der Waals surface area (Å²) in [6.07, 6.45) is 5.40. The van der Waals surface area contributed by atoms with Gasteiger partial charge in [0.2, 0.25) is 0 Å². The van der Waals surface area contributed by atoms with E-state index < -0.39 is 0 Å². The molecule has 0 saturated carbocycles. The molecule has 0 fully saturated rings. The molecule has 0 aliphatic carbocycles. The first-order valence-corrected chi connectivity index (χ1v) is 5.63. The van der Waals surface area contributed by atoms with Crippen LogP contribution in [-0.2, 0) is 0 Å². The van der Waals surface area contributed by atoms with Crippen LogP contribution in [-0.4, -0.2) is 6.61 Å². The molecule has 0 heterocycles. The molecule has 0 aromatic heterocycles. The molecule has 0 spiro atoms. The summed E-state index contributed by atoms with van der Waals surface area (Å²) in [6.45, 7) is 2.65. The van der Waals surface area contributed by atoms with Crippen LogP contribution in [0.25, 0.3) is 11.1 Å². The van der Waals surface area contributed by atoms with Crippen molar-refractivity contribution in [2.24, 2.45) is 0 Å². The van der Waals surface area contributed by atoms with Gasteiger partial charge in [-0.15, -0.1) is 6.42 Å². The third-order valence-electron chi connectivity index (χ3n) is 2.51. The minimum Gasteiger partial charge on any atom is -0.494 e. The minimum absolute atomic E-state index is 0.674. The molecule has 0 unspecified atom stereocenters. The van der Waals surface area contributed by atoms with Crippen molar-refractivity contribution in [3.63, 3.8) is 0 Å². The molecule has 17 heavy (non-hydrogen) atoms. The number of ether oxygens (including phenoxy) is 1. The SMILES string of the molecule is C#Cc1cccc(-c2cccc(OCC)c2)c1. The fraction of sp³-hybridized carbons (Fsp3) is 0.125. The highest BCUT2D eigenvalue weighted by atomic mass is 16.5. The second-order valence-electron chi connectivity index (χ2n) is 3.69. The van der Waals surface area contributed by atoms with Gasteiger partial charge in [-0.25, -0.2) is 0 Å². The van der Waals surface area contributed by atoms with Gasteiger partial charge in [0.25, 0.3) is 0 Å². The van der Waals surface area contributed by atoms with Crippen LogP contribution in [0.1, 0.15) is 12.5 Å². The zero-order chi connectivity index (χ0) is 12.1. The van der Waals surface area contributed by atoms with Crippen LogP contribution in [0.3, 0.4) is 0 Å². The van der Waals surface area contributed by atoms with Gasteiger partial charge in [-0.3, -0.25) is 0 Å². The summed E-state index contributed by atoms with van der Waals surface area (Å²) < 4.78 is 5.48. The van der Waals surface area contributed by atoms with Crippen molar-refractivity contribution in [1.82, 2.24) is 0 Å². The van der Waals surface area contributed by atoms with Gasteiger partial charge in [0.05, 0.1) is 6.61 Å². The maximum Gasteiger partial charge on any atom is 0.119 e. The lowest BCUT2D eigenvalue weighted by atomic mass is 10.0. The van der Waals surface area contributed by atoms with Crippen molar-refractivity contribution in [3.8, 4) is 29.2 Å². The minimum atomic E-state index is 0.674. The van der Waals surface area contributed by atoms with Crippen molar-refractivity contribution in [3.05, 3.63) is 54.1 Å². The van der Waals surface area contributed by atoms with Crippen LogP contribution in [0.5, 0.6) is 5.75 Å². The summed E-state index contributed by atoms with van der Waals surface area (Å²) >= 11 is 0. The van der Waals surface area contributed by atoms with Crippen LogP contribution in [0.4, 0.5) is 0 Å². The zero-order valence-corrected chi connectivity index (χ0v) is 9.81. The van der Waals surface area contributed by atoms with E-state index in [1.807, 2.05) is 49.4 Å². The Morgan fingerprint density at radius 2 is 1.76 bits per heavy atom. The van der Waals surface area contributed by atoms with E-state index in [2.05, 4.69) is 12.0 Å². The van der Waals surface area contributed by atoms with Gasteiger partial charge >= 0.3 is 0 Å². The van der Waals surface area contributed by atoms with Crippen molar-refractivity contribution in [2.45, 2.75) is 6.92 Å². The summed E-state index contributed by atoms with van der Waals surface area (Å²) in [7, 11) is 0. The van der Waals surface area contributed by atoms with Crippen LogP contribution < -0.4 is 4.74 Å². The highest BCUT2D eigenvalue weighted by molar-refractivity contribution is 5.66. The van der Waals surface area contributed by atoms with Crippen molar-refractivity contribution < 1.29 is 4.74 Å². The van der Waals surface area contributed by atoms with Crippen LogP contribution in [0, 0.1) is 12.3 Å². The topological polar surface area (TPSA) is 9.23 Å². The first-order chi connectivity index (χ1) is 8.33. The molecule has 0 aliphatic rings. The average Bonchev–Trinajstić information content (AvgIpc) is 2.40. The lowest BCUT2D eigenvalue weighted by Crippen LogP contribution is -1.91. The van der Waals surface area contributed by atoms with Gasteiger partial charge in [-0.05, 0) is 42.3 Å². The quantitative estimate of drug-likeness (QED) is 0.719. The monoisotopic (exact) mass is 222 g/mol. The average molecular weight is 222 g/mol. The third-order valence-corrected chi connectivity index (χ3v) is 2.51. The maximum absolute atomic E-state index is 5.48. The predicted octanol–water partition coefficient (Wildman–Crippen LogP) is 3.73. The van der Waals surface area contributed by atoms with Crippen molar-refractivity contribution in [2.75, 3.05) is 6.61 Å². The molecule has 1 nitrogen and oxygen atoms in total. The molecule has 0 atom stereocenters. The first-order valence-electron chi connectivity index (χ1n) is 5.63. The normalized spacial score (nSPS) is 9.65. The standard InChI is InChI=1S/C16H14O/c1-3-13-7-5-8-14(11-13)15-9-6-10-16(12-15)17-4-2/h1,5-12H,4H2,2H3. The summed E-state index contributed by atoms with van der Waals surface area (Å²) in [5.41, 5.74) is 3.12. The third kappa shape index (κ3) is 2.68. The van der Waals surface area contributed by atoms with Crippen molar-refractivity contribution in [1.29, 1.82) is 0 Å². The van der Waals surface area contributed by atoms with E-state index in [4.69, 9.17) is 11.2 Å². The molecule has 0 N–H and O–H groups in total. The number of hydrogen-bond acceptors (Lipinski definition) is 1. The molecule has 2 aromatic carbocycles. The highest BCUT2D eigenvalue weighted by Gasteiger charge is 2.00. The van der Waals surface area contributed by atoms with E-state index in [1.165, 1.54) is 0 Å². The van der Waals surface area contributed by atoms with Gasteiger partial charge in [-0.1, -0.05) is 30.2 Å². The zero-order valence-electron chi connectivity index (χ0n) is 9.81. The molecule has 0 bridgehead atoms. The highest BCUT2D eigenvalue weighted by Crippen LogP contribution is 2.24. The Bertz CT molecular complexity index is 549. The number of rotatable bonds is 3. The van der Waals surface area contributed by atoms with Gasteiger partial charge in [0.15, 0.2) is 0 Å². The summed E-state index contributed by atoms with van der Waals surface area (Å²) in [6, 6.07) is 16.0. The Morgan fingerprint density at radius 1 is 1.06 bits per heavy atom. The number of terminal acetylenes is 1. The lowest BCUT2D eigenvalue weighted by molar-refractivity contribution is 0.340. The summed E-state index contributed by atoms with van der Waals surface area (Å²) in [5.74, 6) is 3.53. The fourth-order valence-electron chi connectivity index (χ4n) is 1.72. The Labute approximate surface area is 102 Å². The fourth-order valence-corrected chi connectivity index (χ4v) is 1.72. The van der Waals surface area contributed by atoms with E-state index in [-0.39, 0.29) is 0 Å². The number of benzene rings is 2. The Morgan fingerprint density at radius 3 is 2.47 bits per heavy atom. The summed E-state index contributed by atoms with van der Waals surface area (Å²) in [4.78, 5) is 0. The second-order valence-corrected chi connectivity index (χ2v) is 3.69. The Balaban J connectivity index is 2.39. The Kier molecular flexibility index (Phi) is 3.47. The molecule has 1 heteroatoms. The van der Waals surface area contributed by atoms with Gasteiger partial charge in [-0.2, -0.15) is 0 Å². The van der Waals surface area contributed by atoms with E-state index >= 15 is 0 Å². The molecular weight excluding hydrogens is 208 g/mol. The summed E-state index contributed by atoms with van der Waals surface area (Å²) in [5, 5.41) is 0. The second kappa shape index (κ2) is 5.23. The molecule has 84 valence electrons. The molecular formula is C16H14O. The smallest absolute Gasteiger partial charge is 0.119 e. The molecule has 0 aliphatic heterocycles. The van der Waals surface area contributed by atoms with E-state index in [0.29, 0.717) is 6.61 Å². The molecule has 2 aromatic rings.